The summed E-state index contributed by atoms with van der Waals surface area (Å²) < 4.78 is 11.1. The molecule has 1 aromatic carbocycles. The van der Waals surface area contributed by atoms with Crippen LogP contribution < -0.4 is 10.5 Å². The topological polar surface area (TPSA) is 44.5 Å². The summed E-state index contributed by atoms with van der Waals surface area (Å²) in [6, 6.07) is 7.98. The molecule has 1 heterocycles. The Kier molecular flexibility index (Phi) is 5.60. The summed E-state index contributed by atoms with van der Waals surface area (Å²) in [7, 11) is 0. The lowest BCUT2D eigenvalue weighted by molar-refractivity contribution is 0.0255. The average Bonchev–Trinajstić information content (AvgIpc) is 2.31. The zero-order chi connectivity index (χ0) is 10.5. The molecule has 0 amide bonds. The molecule has 1 saturated heterocycles. The van der Waals surface area contributed by atoms with E-state index in [1.54, 1.807) is 0 Å². The molecule has 1 aromatic rings. The van der Waals surface area contributed by atoms with Gasteiger partial charge in [-0.15, -0.1) is 12.4 Å². The third-order valence-electron chi connectivity index (χ3n) is 2.63. The summed E-state index contributed by atoms with van der Waals surface area (Å²) in [4.78, 5) is 0. The van der Waals surface area contributed by atoms with Gasteiger partial charge in [0.1, 0.15) is 11.9 Å². The van der Waals surface area contributed by atoms with E-state index in [2.05, 4.69) is 0 Å². The van der Waals surface area contributed by atoms with Crippen LogP contribution in [0.5, 0.6) is 5.75 Å². The van der Waals surface area contributed by atoms with Gasteiger partial charge < -0.3 is 15.2 Å². The minimum absolute atomic E-state index is 0. The first-order valence-electron chi connectivity index (χ1n) is 5.42. The molecule has 0 saturated carbocycles. The molecular formula is C12H18ClNO2. The van der Waals surface area contributed by atoms with Gasteiger partial charge in [0.2, 0.25) is 0 Å². The quantitative estimate of drug-likeness (QED) is 0.885. The Hall–Kier alpha value is -0.770. The molecule has 2 rings (SSSR count). The van der Waals surface area contributed by atoms with Crippen molar-refractivity contribution in [2.45, 2.75) is 25.5 Å². The molecule has 0 aliphatic carbocycles. The van der Waals surface area contributed by atoms with E-state index >= 15 is 0 Å². The molecule has 0 aromatic heterocycles. The fourth-order valence-corrected chi connectivity index (χ4v) is 1.69. The van der Waals surface area contributed by atoms with Gasteiger partial charge in [0.25, 0.3) is 0 Å². The zero-order valence-corrected chi connectivity index (χ0v) is 10.0. The Bertz CT molecular complexity index is 296. The van der Waals surface area contributed by atoms with Gasteiger partial charge in [0.15, 0.2) is 0 Å². The first-order chi connectivity index (χ1) is 7.38. The number of hydrogen-bond donors (Lipinski definition) is 1. The molecular weight excluding hydrogens is 226 g/mol. The van der Waals surface area contributed by atoms with E-state index in [4.69, 9.17) is 15.2 Å². The summed E-state index contributed by atoms with van der Waals surface area (Å²) in [5.41, 5.74) is 6.66. The lowest BCUT2D eigenvalue weighted by Gasteiger charge is -2.23. The summed E-state index contributed by atoms with van der Waals surface area (Å²) in [6.07, 6.45) is 2.28. The van der Waals surface area contributed by atoms with E-state index < -0.39 is 0 Å². The van der Waals surface area contributed by atoms with Crippen LogP contribution in [0.4, 0.5) is 0 Å². The molecule has 4 heteroatoms. The summed E-state index contributed by atoms with van der Waals surface area (Å²) in [6.45, 7) is 2.20. The fourth-order valence-electron chi connectivity index (χ4n) is 1.69. The van der Waals surface area contributed by atoms with Crippen molar-refractivity contribution >= 4 is 12.4 Å². The van der Waals surface area contributed by atoms with Crippen LogP contribution in [0.25, 0.3) is 0 Å². The van der Waals surface area contributed by atoms with Crippen LogP contribution in [0.1, 0.15) is 18.4 Å². The SMILES string of the molecule is Cl.NCc1ccc(OC2CCOCC2)cc1. The minimum Gasteiger partial charge on any atom is -0.490 e. The third kappa shape index (κ3) is 3.67. The lowest BCUT2D eigenvalue weighted by Crippen LogP contribution is -2.25. The largest absolute Gasteiger partial charge is 0.490 e. The molecule has 1 fully saturated rings. The van der Waals surface area contributed by atoms with Crippen LogP contribution >= 0.6 is 12.4 Å². The second kappa shape index (κ2) is 6.74. The molecule has 1 aliphatic heterocycles. The first-order valence-corrected chi connectivity index (χ1v) is 5.42. The van der Waals surface area contributed by atoms with Gasteiger partial charge in [-0.25, -0.2) is 0 Å². The third-order valence-corrected chi connectivity index (χ3v) is 2.63. The molecule has 0 atom stereocenters. The van der Waals surface area contributed by atoms with Gasteiger partial charge in [0.05, 0.1) is 13.2 Å². The van der Waals surface area contributed by atoms with Crippen LogP contribution in [0.2, 0.25) is 0 Å². The predicted octanol–water partition coefficient (Wildman–Crippen LogP) is 2.12. The molecule has 1 aliphatic rings. The standard InChI is InChI=1S/C12H17NO2.ClH/c13-9-10-1-3-11(4-2-10)15-12-5-7-14-8-6-12;/h1-4,12H,5-9,13H2;1H. The van der Waals surface area contributed by atoms with Crippen molar-refractivity contribution in [2.24, 2.45) is 5.73 Å². The number of hydrogen-bond acceptors (Lipinski definition) is 3. The number of ether oxygens (including phenoxy) is 2. The van der Waals surface area contributed by atoms with Crippen LogP contribution in [0.15, 0.2) is 24.3 Å². The first kappa shape index (κ1) is 13.3. The summed E-state index contributed by atoms with van der Waals surface area (Å²) >= 11 is 0. The smallest absolute Gasteiger partial charge is 0.119 e. The molecule has 2 N–H and O–H groups in total. The number of nitrogens with two attached hydrogens (primary N) is 1. The lowest BCUT2D eigenvalue weighted by atomic mass is 10.1. The highest BCUT2D eigenvalue weighted by Gasteiger charge is 2.14. The Morgan fingerprint density at radius 2 is 1.81 bits per heavy atom. The van der Waals surface area contributed by atoms with E-state index in [-0.39, 0.29) is 12.4 Å². The van der Waals surface area contributed by atoms with Crippen molar-refractivity contribution in [3.63, 3.8) is 0 Å². The monoisotopic (exact) mass is 243 g/mol. The van der Waals surface area contributed by atoms with Gasteiger partial charge in [-0.05, 0) is 17.7 Å². The van der Waals surface area contributed by atoms with Gasteiger partial charge in [-0.2, -0.15) is 0 Å². The molecule has 90 valence electrons. The van der Waals surface area contributed by atoms with Crippen molar-refractivity contribution in [3.05, 3.63) is 29.8 Å². The van der Waals surface area contributed by atoms with Gasteiger partial charge in [-0.1, -0.05) is 12.1 Å². The maximum Gasteiger partial charge on any atom is 0.119 e. The highest BCUT2D eigenvalue weighted by molar-refractivity contribution is 5.85. The molecule has 0 bridgehead atoms. The molecule has 0 radical (unpaired) electrons. The van der Waals surface area contributed by atoms with Gasteiger partial charge >= 0.3 is 0 Å². The van der Waals surface area contributed by atoms with Crippen LogP contribution in [-0.4, -0.2) is 19.3 Å². The maximum atomic E-state index is 5.83. The van der Waals surface area contributed by atoms with E-state index in [0.717, 1.165) is 37.4 Å². The Morgan fingerprint density at radius 3 is 2.38 bits per heavy atom. The molecule has 0 unspecified atom stereocenters. The number of rotatable bonds is 3. The van der Waals surface area contributed by atoms with Crippen molar-refractivity contribution in [1.29, 1.82) is 0 Å². The zero-order valence-electron chi connectivity index (χ0n) is 9.22. The molecule has 0 spiro atoms. The van der Waals surface area contributed by atoms with Crippen LogP contribution in [0, 0.1) is 0 Å². The number of halogens is 1. The van der Waals surface area contributed by atoms with Crippen molar-refractivity contribution in [3.8, 4) is 5.75 Å². The van der Waals surface area contributed by atoms with Crippen molar-refractivity contribution in [2.75, 3.05) is 13.2 Å². The highest BCUT2D eigenvalue weighted by Crippen LogP contribution is 2.18. The summed E-state index contributed by atoms with van der Waals surface area (Å²) in [5, 5.41) is 0. The van der Waals surface area contributed by atoms with Crippen molar-refractivity contribution < 1.29 is 9.47 Å². The second-order valence-electron chi connectivity index (χ2n) is 3.78. The minimum atomic E-state index is 0. The van der Waals surface area contributed by atoms with Crippen molar-refractivity contribution in [1.82, 2.24) is 0 Å². The summed E-state index contributed by atoms with van der Waals surface area (Å²) in [5.74, 6) is 0.930. The highest BCUT2D eigenvalue weighted by atomic mass is 35.5. The van der Waals surface area contributed by atoms with E-state index in [1.165, 1.54) is 0 Å². The Balaban J connectivity index is 0.00000128. The average molecular weight is 244 g/mol. The maximum absolute atomic E-state index is 5.83. The van der Waals surface area contributed by atoms with Gasteiger partial charge in [0, 0.05) is 19.4 Å². The predicted molar refractivity (Wildman–Crippen MR) is 66.1 cm³/mol. The fraction of sp³-hybridized carbons (Fsp3) is 0.500. The van der Waals surface area contributed by atoms with E-state index in [0.29, 0.717) is 12.6 Å². The van der Waals surface area contributed by atoms with E-state index in [9.17, 15) is 0 Å². The normalized spacial score (nSPS) is 16.6. The van der Waals surface area contributed by atoms with E-state index in [1.807, 2.05) is 24.3 Å². The number of benzene rings is 1. The Morgan fingerprint density at radius 1 is 1.19 bits per heavy atom. The Labute approximate surface area is 102 Å². The van der Waals surface area contributed by atoms with Crippen LogP contribution in [0.3, 0.4) is 0 Å². The van der Waals surface area contributed by atoms with Gasteiger partial charge in [-0.3, -0.25) is 0 Å². The second-order valence-corrected chi connectivity index (χ2v) is 3.78. The van der Waals surface area contributed by atoms with Crippen LogP contribution in [-0.2, 0) is 11.3 Å². The molecule has 3 nitrogen and oxygen atoms in total. The molecule has 16 heavy (non-hydrogen) atoms.